The summed E-state index contributed by atoms with van der Waals surface area (Å²) in [5, 5.41) is 0. The fourth-order valence-corrected chi connectivity index (χ4v) is 2.61. The molecule has 1 heterocycles. The summed E-state index contributed by atoms with van der Waals surface area (Å²) in [4.78, 5) is 15.8. The highest BCUT2D eigenvalue weighted by atomic mass is 16.1. The zero-order valence-corrected chi connectivity index (χ0v) is 12.0. The van der Waals surface area contributed by atoms with Gasteiger partial charge in [-0.3, -0.25) is 9.69 Å². The number of benzene rings is 1. The second kappa shape index (κ2) is 5.61. The molecule has 1 aliphatic heterocycles. The van der Waals surface area contributed by atoms with Crippen LogP contribution in [0.3, 0.4) is 0 Å². The maximum absolute atomic E-state index is 11.2. The third-order valence-electron chi connectivity index (χ3n) is 4.19. The highest BCUT2D eigenvalue weighted by Crippen LogP contribution is 2.24. The topological polar surface area (TPSA) is 49.6 Å². The van der Waals surface area contributed by atoms with Gasteiger partial charge in [0.25, 0.3) is 0 Å². The van der Waals surface area contributed by atoms with Gasteiger partial charge in [0.1, 0.15) is 0 Å². The first-order valence-corrected chi connectivity index (χ1v) is 6.85. The van der Waals surface area contributed by atoms with Crippen molar-refractivity contribution >= 4 is 11.6 Å². The number of hydrogen-bond acceptors (Lipinski definition) is 3. The van der Waals surface area contributed by atoms with Crippen LogP contribution < -0.4 is 10.6 Å². The van der Waals surface area contributed by atoms with Crippen LogP contribution in [0.2, 0.25) is 0 Å². The molecule has 4 heteroatoms. The van der Waals surface area contributed by atoms with Crippen molar-refractivity contribution in [3.8, 4) is 0 Å². The van der Waals surface area contributed by atoms with Gasteiger partial charge < -0.3 is 10.6 Å². The first-order chi connectivity index (χ1) is 9.00. The first-order valence-electron chi connectivity index (χ1n) is 6.85. The Morgan fingerprint density at radius 3 is 2.42 bits per heavy atom. The van der Waals surface area contributed by atoms with Gasteiger partial charge in [-0.1, -0.05) is 12.1 Å². The molecule has 1 aromatic rings. The largest absolute Gasteiger partial charge is 0.369 e. The summed E-state index contributed by atoms with van der Waals surface area (Å²) >= 11 is 0. The molecular weight excluding hydrogens is 238 g/mol. The van der Waals surface area contributed by atoms with Crippen molar-refractivity contribution in [1.29, 1.82) is 0 Å². The van der Waals surface area contributed by atoms with E-state index in [-0.39, 0.29) is 11.9 Å². The Labute approximate surface area is 115 Å². The van der Waals surface area contributed by atoms with Crippen molar-refractivity contribution in [2.24, 2.45) is 5.73 Å². The lowest BCUT2D eigenvalue weighted by Crippen LogP contribution is -2.53. The number of hydrogen-bond donors (Lipinski definition) is 1. The van der Waals surface area contributed by atoms with Crippen LogP contribution in [0.25, 0.3) is 0 Å². The third-order valence-corrected chi connectivity index (χ3v) is 4.19. The monoisotopic (exact) mass is 261 g/mol. The molecular formula is C15H23N3O. The van der Waals surface area contributed by atoms with E-state index in [0.29, 0.717) is 0 Å². The number of piperazine rings is 1. The van der Waals surface area contributed by atoms with E-state index in [0.717, 1.165) is 26.2 Å². The van der Waals surface area contributed by atoms with Crippen LogP contribution in [-0.2, 0) is 4.79 Å². The second-order valence-corrected chi connectivity index (χ2v) is 5.32. The van der Waals surface area contributed by atoms with E-state index in [2.05, 4.69) is 41.8 Å². The van der Waals surface area contributed by atoms with E-state index in [9.17, 15) is 4.79 Å². The van der Waals surface area contributed by atoms with Crippen molar-refractivity contribution < 1.29 is 4.79 Å². The fraction of sp³-hybridized carbons (Fsp3) is 0.533. The van der Waals surface area contributed by atoms with Gasteiger partial charge >= 0.3 is 0 Å². The molecule has 0 aliphatic carbocycles. The zero-order chi connectivity index (χ0) is 14.0. The van der Waals surface area contributed by atoms with Crippen molar-refractivity contribution in [1.82, 2.24) is 4.90 Å². The molecule has 1 atom stereocenters. The molecule has 104 valence electrons. The van der Waals surface area contributed by atoms with E-state index in [1.807, 2.05) is 6.92 Å². The van der Waals surface area contributed by atoms with Crippen LogP contribution in [0, 0.1) is 13.8 Å². The Morgan fingerprint density at radius 1 is 1.21 bits per heavy atom. The normalized spacial score (nSPS) is 18.4. The summed E-state index contributed by atoms with van der Waals surface area (Å²) in [6.45, 7) is 9.86. The van der Waals surface area contributed by atoms with E-state index in [4.69, 9.17) is 5.73 Å². The smallest absolute Gasteiger partial charge is 0.234 e. The molecule has 0 spiro atoms. The van der Waals surface area contributed by atoms with Crippen LogP contribution in [0.5, 0.6) is 0 Å². The lowest BCUT2D eigenvalue weighted by molar-refractivity contribution is -0.122. The van der Waals surface area contributed by atoms with E-state index < -0.39 is 0 Å². The van der Waals surface area contributed by atoms with Crippen LogP contribution in [-0.4, -0.2) is 43.0 Å². The Hall–Kier alpha value is -1.55. The number of carbonyl (C=O) groups is 1. The maximum Gasteiger partial charge on any atom is 0.234 e. The number of aryl methyl sites for hydroxylation is 1. The molecule has 2 rings (SSSR count). The number of nitrogens with zero attached hydrogens (tertiary/aromatic N) is 2. The quantitative estimate of drug-likeness (QED) is 0.892. The summed E-state index contributed by atoms with van der Waals surface area (Å²) < 4.78 is 0. The van der Waals surface area contributed by atoms with Gasteiger partial charge in [-0.25, -0.2) is 0 Å². The summed E-state index contributed by atoms with van der Waals surface area (Å²) in [7, 11) is 0. The Morgan fingerprint density at radius 2 is 1.84 bits per heavy atom. The molecule has 0 saturated carbocycles. The lowest BCUT2D eigenvalue weighted by atomic mass is 10.1. The van der Waals surface area contributed by atoms with Crippen LogP contribution >= 0.6 is 0 Å². The van der Waals surface area contributed by atoms with E-state index >= 15 is 0 Å². The average molecular weight is 261 g/mol. The van der Waals surface area contributed by atoms with Gasteiger partial charge in [-0.15, -0.1) is 0 Å². The maximum atomic E-state index is 11.2. The minimum absolute atomic E-state index is 0.166. The van der Waals surface area contributed by atoms with Crippen molar-refractivity contribution in [2.75, 3.05) is 31.1 Å². The summed E-state index contributed by atoms with van der Waals surface area (Å²) in [6, 6.07) is 6.26. The summed E-state index contributed by atoms with van der Waals surface area (Å²) in [5.41, 5.74) is 9.34. The molecule has 1 aliphatic rings. The minimum Gasteiger partial charge on any atom is -0.369 e. The number of amides is 1. The molecule has 0 bridgehead atoms. The lowest BCUT2D eigenvalue weighted by Gasteiger charge is -2.38. The number of nitrogens with two attached hydrogens (primary N) is 1. The van der Waals surface area contributed by atoms with Crippen molar-refractivity contribution in [3.63, 3.8) is 0 Å². The molecule has 0 aromatic heterocycles. The average Bonchev–Trinajstić information content (AvgIpc) is 2.41. The summed E-state index contributed by atoms with van der Waals surface area (Å²) in [6.07, 6.45) is 0. The predicted octanol–water partition coefficient (Wildman–Crippen LogP) is 1.30. The van der Waals surface area contributed by atoms with Crippen molar-refractivity contribution in [2.45, 2.75) is 26.8 Å². The molecule has 0 unspecified atom stereocenters. The molecule has 4 nitrogen and oxygen atoms in total. The molecule has 1 fully saturated rings. The van der Waals surface area contributed by atoms with Crippen LogP contribution in [0.15, 0.2) is 18.2 Å². The first kappa shape index (κ1) is 13.9. The predicted molar refractivity (Wildman–Crippen MR) is 78.4 cm³/mol. The van der Waals surface area contributed by atoms with Gasteiger partial charge in [-0.05, 0) is 38.0 Å². The number of carbonyl (C=O) groups excluding carboxylic acids is 1. The van der Waals surface area contributed by atoms with Gasteiger partial charge in [0.05, 0.1) is 6.04 Å². The standard InChI is InChI=1S/C15H23N3O/c1-11-5-4-6-14(12(11)2)18-9-7-17(8-10-18)13(3)15(16)19/h4-6,13H,7-10H2,1-3H3,(H2,16,19)/t13-/m1/s1. The zero-order valence-electron chi connectivity index (χ0n) is 12.0. The molecule has 1 amide bonds. The van der Waals surface area contributed by atoms with Gasteiger partial charge in [-0.2, -0.15) is 0 Å². The SMILES string of the molecule is Cc1cccc(N2CCN([C@H](C)C(N)=O)CC2)c1C. The van der Waals surface area contributed by atoms with Gasteiger partial charge in [0, 0.05) is 31.9 Å². The van der Waals surface area contributed by atoms with Gasteiger partial charge in [0.2, 0.25) is 5.91 Å². The Bertz CT molecular complexity index is 464. The van der Waals surface area contributed by atoms with E-state index in [1.165, 1.54) is 16.8 Å². The molecule has 1 aromatic carbocycles. The number of anilines is 1. The third kappa shape index (κ3) is 2.89. The molecule has 0 radical (unpaired) electrons. The highest BCUT2D eigenvalue weighted by molar-refractivity contribution is 5.79. The number of primary amides is 1. The Balaban J connectivity index is 2.04. The van der Waals surface area contributed by atoms with Crippen molar-refractivity contribution in [3.05, 3.63) is 29.3 Å². The molecule has 2 N–H and O–H groups in total. The Kier molecular flexibility index (Phi) is 4.10. The van der Waals surface area contributed by atoms with E-state index in [1.54, 1.807) is 0 Å². The van der Waals surface area contributed by atoms with Gasteiger partial charge in [0.15, 0.2) is 0 Å². The van der Waals surface area contributed by atoms with Crippen LogP contribution in [0.1, 0.15) is 18.1 Å². The highest BCUT2D eigenvalue weighted by Gasteiger charge is 2.24. The van der Waals surface area contributed by atoms with Crippen LogP contribution in [0.4, 0.5) is 5.69 Å². The number of rotatable bonds is 3. The molecule has 19 heavy (non-hydrogen) atoms. The summed E-state index contributed by atoms with van der Waals surface area (Å²) in [5.74, 6) is -0.236. The fourth-order valence-electron chi connectivity index (χ4n) is 2.61. The second-order valence-electron chi connectivity index (χ2n) is 5.32. The molecule has 1 saturated heterocycles. The minimum atomic E-state index is -0.236.